The number of ether oxygens (including phenoxy) is 4. The molecular weight excluding hydrogens is 322 g/mol. The highest BCUT2D eigenvalue weighted by Gasteiger charge is 2.44. The van der Waals surface area contributed by atoms with Crippen LogP contribution in [0.1, 0.15) is 26.2 Å². The van der Waals surface area contributed by atoms with E-state index in [4.69, 9.17) is 18.9 Å². The smallest absolute Gasteiger partial charge is 0.260 e. The fraction of sp³-hybridized carbons (Fsp3) is 0.632. The predicted octanol–water partition coefficient (Wildman–Crippen LogP) is 2.26. The zero-order valence-corrected chi connectivity index (χ0v) is 15.0. The normalized spacial score (nSPS) is 26.0. The lowest BCUT2D eigenvalue weighted by atomic mass is 9.89. The number of carbonyl (C=O) groups excluding carboxylic acids is 1. The first kappa shape index (κ1) is 18.0. The van der Waals surface area contributed by atoms with Crippen molar-refractivity contribution < 1.29 is 23.7 Å². The summed E-state index contributed by atoms with van der Waals surface area (Å²) in [5.74, 6) is 1.19. The summed E-state index contributed by atoms with van der Waals surface area (Å²) >= 11 is 0. The zero-order valence-electron chi connectivity index (χ0n) is 15.0. The summed E-state index contributed by atoms with van der Waals surface area (Å²) in [7, 11) is 1.59. The maximum atomic E-state index is 12.6. The van der Waals surface area contributed by atoms with E-state index in [1.807, 2.05) is 30.0 Å². The minimum absolute atomic E-state index is 0.00530. The van der Waals surface area contributed by atoms with Gasteiger partial charge in [0.1, 0.15) is 0 Å². The molecule has 0 aliphatic carbocycles. The molecule has 25 heavy (non-hydrogen) atoms. The van der Waals surface area contributed by atoms with Crippen molar-refractivity contribution in [2.24, 2.45) is 0 Å². The Kier molecular flexibility index (Phi) is 5.81. The molecule has 2 heterocycles. The third-order valence-corrected chi connectivity index (χ3v) is 4.89. The molecule has 0 aromatic heterocycles. The lowest BCUT2D eigenvalue weighted by Crippen LogP contribution is -2.51. The Bertz CT molecular complexity index is 593. The largest absolute Gasteiger partial charge is 0.493 e. The predicted molar refractivity (Wildman–Crippen MR) is 93.0 cm³/mol. The van der Waals surface area contributed by atoms with Crippen LogP contribution in [-0.4, -0.2) is 62.5 Å². The summed E-state index contributed by atoms with van der Waals surface area (Å²) in [4.78, 5) is 14.4. The number of hydrogen-bond donors (Lipinski definition) is 0. The van der Waals surface area contributed by atoms with E-state index in [1.54, 1.807) is 13.2 Å². The molecule has 1 aromatic rings. The summed E-state index contributed by atoms with van der Waals surface area (Å²) < 4.78 is 22.7. The van der Waals surface area contributed by atoms with Crippen LogP contribution in [0.4, 0.5) is 0 Å². The Morgan fingerprint density at radius 1 is 1.36 bits per heavy atom. The molecule has 138 valence electrons. The van der Waals surface area contributed by atoms with Crippen molar-refractivity contribution in [2.45, 2.75) is 37.9 Å². The number of rotatable bonds is 6. The van der Waals surface area contributed by atoms with Crippen LogP contribution >= 0.6 is 0 Å². The number of amides is 1. The van der Waals surface area contributed by atoms with Crippen LogP contribution in [0.3, 0.4) is 0 Å². The minimum Gasteiger partial charge on any atom is -0.493 e. The van der Waals surface area contributed by atoms with Crippen molar-refractivity contribution in [1.29, 1.82) is 0 Å². The highest BCUT2D eigenvalue weighted by molar-refractivity contribution is 5.78. The van der Waals surface area contributed by atoms with E-state index in [-0.39, 0.29) is 24.2 Å². The molecule has 0 bridgehead atoms. The summed E-state index contributed by atoms with van der Waals surface area (Å²) in [6.07, 6.45) is 2.93. The molecule has 1 amide bonds. The Morgan fingerprint density at radius 3 is 2.92 bits per heavy atom. The van der Waals surface area contributed by atoms with Crippen LogP contribution < -0.4 is 9.47 Å². The van der Waals surface area contributed by atoms with Crippen LogP contribution in [0.5, 0.6) is 11.5 Å². The molecule has 2 fully saturated rings. The number of piperidine rings is 1. The van der Waals surface area contributed by atoms with Crippen LogP contribution in [0.15, 0.2) is 24.3 Å². The van der Waals surface area contributed by atoms with Gasteiger partial charge in [-0.25, -0.2) is 0 Å². The van der Waals surface area contributed by atoms with Gasteiger partial charge < -0.3 is 23.8 Å². The second-order valence-electron chi connectivity index (χ2n) is 6.63. The molecule has 3 rings (SSSR count). The van der Waals surface area contributed by atoms with E-state index in [0.717, 1.165) is 25.8 Å². The van der Waals surface area contributed by atoms with Crippen molar-refractivity contribution in [1.82, 2.24) is 4.90 Å². The molecule has 0 saturated carbocycles. The van der Waals surface area contributed by atoms with Crippen molar-refractivity contribution in [3.8, 4) is 11.5 Å². The molecule has 0 N–H and O–H groups in total. The van der Waals surface area contributed by atoms with Crippen LogP contribution in [0.2, 0.25) is 0 Å². The Balaban J connectivity index is 1.55. The minimum atomic E-state index is -0.252. The molecule has 6 heteroatoms. The number of carbonyl (C=O) groups is 1. The second kappa shape index (κ2) is 8.06. The van der Waals surface area contributed by atoms with E-state index in [2.05, 4.69) is 0 Å². The maximum Gasteiger partial charge on any atom is 0.260 e. The van der Waals surface area contributed by atoms with Gasteiger partial charge >= 0.3 is 0 Å². The van der Waals surface area contributed by atoms with Crippen molar-refractivity contribution >= 4 is 5.91 Å². The SMILES string of the molecule is CCO[C@@H]1CO[C@@]2(CCCN(C(=O)COc3ccccc3OC)C2)C1. The molecule has 0 radical (unpaired) electrons. The molecule has 2 aliphatic heterocycles. The zero-order chi connectivity index (χ0) is 17.7. The van der Waals surface area contributed by atoms with Gasteiger partial charge in [-0.3, -0.25) is 4.79 Å². The van der Waals surface area contributed by atoms with Crippen molar-refractivity contribution in [3.05, 3.63) is 24.3 Å². The monoisotopic (exact) mass is 349 g/mol. The van der Waals surface area contributed by atoms with Crippen LogP contribution in [0, 0.1) is 0 Å². The molecule has 0 unspecified atom stereocenters. The van der Waals surface area contributed by atoms with E-state index < -0.39 is 0 Å². The quantitative estimate of drug-likeness (QED) is 0.788. The number of hydrogen-bond acceptors (Lipinski definition) is 5. The number of methoxy groups -OCH3 is 1. The van der Waals surface area contributed by atoms with Gasteiger partial charge in [0.05, 0.1) is 25.4 Å². The van der Waals surface area contributed by atoms with E-state index >= 15 is 0 Å². The molecule has 2 saturated heterocycles. The highest BCUT2D eigenvalue weighted by atomic mass is 16.6. The topological polar surface area (TPSA) is 57.2 Å². The third kappa shape index (κ3) is 4.25. The van der Waals surface area contributed by atoms with Crippen molar-refractivity contribution in [2.75, 3.05) is 40.0 Å². The highest BCUT2D eigenvalue weighted by Crippen LogP contribution is 2.36. The van der Waals surface area contributed by atoms with Gasteiger partial charge in [-0.15, -0.1) is 0 Å². The van der Waals surface area contributed by atoms with Gasteiger partial charge in [0.25, 0.3) is 5.91 Å². The van der Waals surface area contributed by atoms with Gasteiger partial charge in [-0.2, -0.15) is 0 Å². The van der Waals surface area contributed by atoms with Gasteiger partial charge in [-0.1, -0.05) is 12.1 Å². The van der Waals surface area contributed by atoms with Gasteiger partial charge in [0.2, 0.25) is 0 Å². The van der Waals surface area contributed by atoms with E-state index in [0.29, 0.717) is 31.3 Å². The summed E-state index contributed by atoms with van der Waals surface area (Å²) in [6.45, 7) is 4.68. The second-order valence-corrected chi connectivity index (χ2v) is 6.63. The molecular formula is C19H27NO5. The first-order valence-corrected chi connectivity index (χ1v) is 8.95. The third-order valence-electron chi connectivity index (χ3n) is 4.89. The maximum absolute atomic E-state index is 12.6. The Labute approximate surface area is 149 Å². The fourth-order valence-electron chi connectivity index (χ4n) is 3.71. The lowest BCUT2D eigenvalue weighted by molar-refractivity contribution is -0.141. The number of likely N-dealkylation sites (tertiary alicyclic amines) is 1. The van der Waals surface area contributed by atoms with Crippen molar-refractivity contribution in [3.63, 3.8) is 0 Å². The first-order valence-electron chi connectivity index (χ1n) is 8.95. The molecule has 2 aliphatic rings. The average Bonchev–Trinajstić information content (AvgIpc) is 3.02. The summed E-state index contributed by atoms with van der Waals surface area (Å²) in [5, 5.41) is 0. The van der Waals surface area contributed by atoms with E-state index in [9.17, 15) is 4.79 Å². The summed E-state index contributed by atoms with van der Waals surface area (Å²) in [6, 6.07) is 7.35. The standard InChI is InChI=1S/C19H27NO5/c1-3-23-15-11-19(25-12-15)9-6-10-20(14-19)18(21)13-24-17-8-5-4-7-16(17)22-2/h4-5,7-8,15H,3,6,9-14H2,1-2H3/t15-,19-/m0/s1. The van der Waals surface area contributed by atoms with Gasteiger partial charge in [0.15, 0.2) is 18.1 Å². The Morgan fingerprint density at radius 2 is 2.16 bits per heavy atom. The number of benzene rings is 1. The van der Waals surface area contributed by atoms with Crippen LogP contribution in [-0.2, 0) is 14.3 Å². The van der Waals surface area contributed by atoms with E-state index in [1.165, 1.54) is 0 Å². The van der Waals surface area contributed by atoms with Gasteiger partial charge in [0, 0.05) is 26.1 Å². The Hall–Kier alpha value is -1.79. The molecule has 2 atom stereocenters. The number of para-hydroxylation sites is 2. The number of nitrogens with zero attached hydrogens (tertiary/aromatic N) is 1. The molecule has 6 nitrogen and oxygen atoms in total. The average molecular weight is 349 g/mol. The van der Waals surface area contributed by atoms with Crippen LogP contribution in [0.25, 0.3) is 0 Å². The first-order chi connectivity index (χ1) is 12.2. The fourth-order valence-corrected chi connectivity index (χ4v) is 3.71. The molecule has 1 spiro atoms. The lowest BCUT2D eigenvalue weighted by Gasteiger charge is -2.39. The summed E-state index contributed by atoms with van der Waals surface area (Å²) in [5.41, 5.74) is -0.252. The van der Waals surface area contributed by atoms with Gasteiger partial charge in [-0.05, 0) is 31.9 Å². The molecule has 1 aromatic carbocycles.